The molecule has 1 atom stereocenters. The number of benzene rings is 1. The summed E-state index contributed by atoms with van der Waals surface area (Å²) in [4.78, 5) is 20.9. The van der Waals surface area contributed by atoms with E-state index >= 15 is 0 Å². The zero-order chi connectivity index (χ0) is 20.3. The number of hydrogen-bond donors (Lipinski definition) is 1. The van der Waals surface area contributed by atoms with Gasteiger partial charge in [-0.3, -0.25) is 4.90 Å². The first-order valence-corrected chi connectivity index (χ1v) is 11.1. The van der Waals surface area contributed by atoms with E-state index in [1.165, 1.54) is 11.3 Å². The summed E-state index contributed by atoms with van der Waals surface area (Å²) in [5.74, 6) is 0.656. The Hall–Kier alpha value is -1.80. The molecule has 2 aromatic heterocycles. The molecular formula is C19H16Cl3N4O2S+. The summed E-state index contributed by atoms with van der Waals surface area (Å²) in [5, 5.41) is 11.9. The standard InChI is InChI=1S/C19H15Cl3N4O2S/c20-11-6-10(7-12(21)8-11)15-16(27)25-4-1-3-24-5-2-13(14-9-23-18(22)29-14)26(17(15)28)19(24)25/h6-9,13H,1-5H2/p+1. The van der Waals surface area contributed by atoms with Crippen LogP contribution in [0.25, 0.3) is 11.1 Å². The van der Waals surface area contributed by atoms with Crippen LogP contribution in [-0.2, 0) is 6.54 Å². The van der Waals surface area contributed by atoms with Gasteiger partial charge in [-0.2, -0.15) is 9.13 Å². The smallest absolute Gasteiger partial charge is 0.366 e. The van der Waals surface area contributed by atoms with Crippen LogP contribution in [0.15, 0.2) is 29.2 Å². The van der Waals surface area contributed by atoms with Crippen LogP contribution < -0.4 is 15.0 Å². The summed E-state index contributed by atoms with van der Waals surface area (Å²) in [6, 6.07) is 4.69. The van der Waals surface area contributed by atoms with Crippen LogP contribution in [0.1, 0.15) is 23.8 Å². The van der Waals surface area contributed by atoms with Gasteiger partial charge in [-0.15, -0.1) is 11.3 Å². The van der Waals surface area contributed by atoms with Gasteiger partial charge in [0.15, 0.2) is 4.47 Å². The molecule has 2 aliphatic heterocycles. The Kier molecular flexibility index (Phi) is 4.74. The van der Waals surface area contributed by atoms with Crippen LogP contribution >= 0.6 is 46.1 Å². The second kappa shape index (κ2) is 7.16. The molecule has 0 radical (unpaired) electrons. The van der Waals surface area contributed by atoms with Crippen molar-refractivity contribution in [1.82, 2.24) is 9.55 Å². The van der Waals surface area contributed by atoms with Crippen LogP contribution in [0, 0.1) is 0 Å². The van der Waals surface area contributed by atoms with Gasteiger partial charge in [-0.25, -0.2) is 9.78 Å². The topological polar surface area (TPSA) is 62.2 Å². The van der Waals surface area contributed by atoms with Crippen LogP contribution in [0.5, 0.6) is 5.88 Å². The van der Waals surface area contributed by atoms with Crippen molar-refractivity contribution in [3.63, 3.8) is 0 Å². The molecule has 29 heavy (non-hydrogen) atoms. The van der Waals surface area contributed by atoms with Gasteiger partial charge in [0.1, 0.15) is 11.6 Å². The zero-order valence-electron chi connectivity index (χ0n) is 15.1. The number of thiazole rings is 1. The highest BCUT2D eigenvalue weighted by molar-refractivity contribution is 7.15. The summed E-state index contributed by atoms with van der Waals surface area (Å²) in [6.07, 6.45) is 3.37. The molecule has 0 saturated carbocycles. The first-order chi connectivity index (χ1) is 13.9. The number of aromatic hydroxyl groups is 1. The van der Waals surface area contributed by atoms with Gasteiger partial charge in [-0.1, -0.05) is 34.8 Å². The Morgan fingerprint density at radius 2 is 1.90 bits per heavy atom. The summed E-state index contributed by atoms with van der Waals surface area (Å²) in [7, 11) is 0. The van der Waals surface area contributed by atoms with E-state index in [1.807, 2.05) is 4.57 Å². The molecular weight excluding hydrogens is 455 g/mol. The molecule has 3 aromatic rings. The molecule has 2 aliphatic rings. The first-order valence-electron chi connectivity index (χ1n) is 9.18. The molecule has 5 rings (SSSR count). The fourth-order valence-corrected chi connectivity index (χ4v) is 5.86. The Balaban J connectivity index is 1.82. The molecule has 6 nitrogen and oxygen atoms in total. The molecule has 10 heteroatoms. The second-order valence-electron chi connectivity index (χ2n) is 7.14. The van der Waals surface area contributed by atoms with Crippen molar-refractivity contribution in [3.05, 3.63) is 54.1 Å². The zero-order valence-corrected chi connectivity index (χ0v) is 18.2. The maximum Gasteiger partial charge on any atom is 0.366 e. The minimum atomic E-state index is -0.284. The normalized spacial score (nSPS) is 18.0. The number of hydrogen-bond acceptors (Lipinski definition) is 5. The Bertz CT molecular complexity index is 1170. The maximum absolute atomic E-state index is 13.7. The third-order valence-corrected chi connectivity index (χ3v) is 7.07. The lowest BCUT2D eigenvalue weighted by atomic mass is 10.0. The van der Waals surface area contributed by atoms with Gasteiger partial charge in [0, 0.05) is 29.1 Å². The average Bonchev–Trinajstić information content (AvgIpc) is 3.11. The summed E-state index contributed by atoms with van der Waals surface area (Å²) < 4.78 is 4.01. The number of halogens is 3. The maximum atomic E-state index is 13.7. The van der Waals surface area contributed by atoms with Gasteiger partial charge in [0.25, 0.3) is 5.88 Å². The molecule has 150 valence electrons. The molecule has 1 aromatic carbocycles. The van der Waals surface area contributed by atoms with Crippen molar-refractivity contribution in [3.8, 4) is 17.0 Å². The van der Waals surface area contributed by atoms with Crippen LogP contribution in [0.4, 0.5) is 5.95 Å². The lowest BCUT2D eigenvalue weighted by Gasteiger charge is -2.34. The van der Waals surface area contributed by atoms with Gasteiger partial charge >= 0.3 is 11.5 Å². The largest absolute Gasteiger partial charge is 0.483 e. The fourth-order valence-electron chi connectivity index (χ4n) is 4.25. The SMILES string of the molecule is O=c1c(-c2cc(Cl)cc(Cl)c2)c(O)n2c3[n+]1C(c1cnc(Cl)s1)CCN3CCC2. The highest BCUT2D eigenvalue weighted by Crippen LogP contribution is 2.37. The number of aromatic nitrogens is 3. The Morgan fingerprint density at radius 1 is 1.14 bits per heavy atom. The summed E-state index contributed by atoms with van der Waals surface area (Å²) in [5.41, 5.74) is 0.406. The van der Waals surface area contributed by atoms with E-state index in [9.17, 15) is 9.90 Å². The van der Waals surface area contributed by atoms with Crippen LogP contribution in [-0.4, -0.2) is 27.7 Å². The van der Waals surface area contributed by atoms with Crippen molar-refractivity contribution < 1.29 is 9.67 Å². The minimum Gasteiger partial charge on any atom is -0.483 e. The van der Waals surface area contributed by atoms with E-state index in [0.717, 1.165) is 36.8 Å². The van der Waals surface area contributed by atoms with Crippen LogP contribution in [0.3, 0.4) is 0 Å². The van der Waals surface area contributed by atoms with Crippen molar-refractivity contribution in [2.45, 2.75) is 25.4 Å². The fraction of sp³-hybridized carbons (Fsp3) is 0.316. The van der Waals surface area contributed by atoms with Gasteiger partial charge < -0.3 is 5.11 Å². The van der Waals surface area contributed by atoms with Crippen molar-refractivity contribution in [1.29, 1.82) is 0 Å². The molecule has 0 spiro atoms. The van der Waals surface area contributed by atoms with Gasteiger partial charge in [-0.05, 0) is 23.8 Å². The Labute approximate surface area is 185 Å². The summed E-state index contributed by atoms with van der Waals surface area (Å²) in [6.45, 7) is 2.26. The predicted octanol–water partition coefficient (Wildman–Crippen LogP) is 4.13. The Morgan fingerprint density at radius 3 is 2.59 bits per heavy atom. The van der Waals surface area contributed by atoms with Crippen LogP contribution in [0.2, 0.25) is 14.5 Å². The van der Waals surface area contributed by atoms with E-state index in [-0.39, 0.29) is 23.0 Å². The third-order valence-electron chi connectivity index (χ3n) is 5.42. The number of anilines is 1. The molecule has 4 heterocycles. The van der Waals surface area contributed by atoms with E-state index in [1.54, 1.807) is 29.0 Å². The monoisotopic (exact) mass is 469 g/mol. The highest BCUT2D eigenvalue weighted by atomic mass is 35.5. The van der Waals surface area contributed by atoms with E-state index in [4.69, 9.17) is 34.8 Å². The molecule has 0 aliphatic carbocycles. The predicted molar refractivity (Wildman–Crippen MR) is 115 cm³/mol. The van der Waals surface area contributed by atoms with Gasteiger partial charge in [0.05, 0.1) is 24.5 Å². The van der Waals surface area contributed by atoms with Crippen molar-refractivity contribution >= 4 is 52.1 Å². The minimum absolute atomic E-state index is 0.0627. The highest BCUT2D eigenvalue weighted by Gasteiger charge is 2.42. The molecule has 0 amide bonds. The van der Waals surface area contributed by atoms with E-state index in [2.05, 4.69) is 9.88 Å². The number of nitrogens with zero attached hydrogens (tertiary/aromatic N) is 4. The first kappa shape index (κ1) is 19.2. The third kappa shape index (κ3) is 3.11. The average molecular weight is 471 g/mol. The quantitative estimate of drug-likeness (QED) is 0.572. The van der Waals surface area contributed by atoms with Crippen molar-refractivity contribution in [2.75, 3.05) is 18.0 Å². The van der Waals surface area contributed by atoms with E-state index < -0.39 is 0 Å². The second-order valence-corrected chi connectivity index (χ2v) is 9.66. The van der Waals surface area contributed by atoms with Crippen molar-refractivity contribution in [2.24, 2.45) is 0 Å². The lowest BCUT2D eigenvalue weighted by Crippen LogP contribution is -2.64. The molecule has 1 unspecified atom stereocenters. The molecule has 1 N–H and O–H groups in total. The molecule has 0 saturated heterocycles. The summed E-state index contributed by atoms with van der Waals surface area (Å²) >= 11 is 19.8. The van der Waals surface area contributed by atoms with E-state index in [0.29, 0.717) is 26.6 Å². The number of rotatable bonds is 2. The lowest BCUT2D eigenvalue weighted by molar-refractivity contribution is -0.722. The van der Waals surface area contributed by atoms with Gasteiger partial charge in [0.2, 0.25) is 0 Å². The molecule has 0 bridgehead atoms. The molecule has 0 fully saturated rings.